The zero-order valence-corrected chi connectivity index (χ0v) is 11.5. The number of fused-ring (bicyclic) bond motifs is 1. The number of unbranched alkanes of at least 4 members (excludes halogenated alkanes) is 1. The molecule has 0 bridgehead atoms. The fourth-order valence-electron chi connectivity index (χ4n) is 2.10. The first-order chi connectivity index (χ1) is 9.16. The Kier molecular flexibility index (Phi) is 4.55. The van der Waals surface area contributed by atoms with Crippen molar-refractivity contribution in [3.8, 4) is 0 Å². The van der Waals surface area contributed by atoms with Gasteiger partial charge in [-0.25, -0.2) is 0 Å². The van der Waals surface area contributed by atoms with Crippen molar-refractivity contribution in [1.82, 2.24) is 10.2 Å². The van der Waals surface area contributed by atoms with Gasteiger partial charge in [0.05, 0.1) is 11.6 Å². The number of aromatic amines is 1. The number of nitrogens with one attached hydrogen (secondary N) is 1. The maximum atomic E-state index is 11.4. The predicted molar refractivity (Wildman–Crippen MR) is 74.9 cm³/mol. The summed E-state index contributed by atoms with van der Waals surface area (Å²) < 4.78 is 5.10. The van der Waals surface area contributed by atoms with Crippen molar-refractivity contribution < 1.29 is 9.53 Å². The Morgan fingerprint density at radius 3 is 2.89 bits per heavy atom. The highest BCUT2D eigenvalue weighted by molar-refractivity contribution is 5.81. The quantitative estimate of drug-likeness (QED) is 0.641. The Bertz CT molecular complexity index is 546. The van der Waals surface area contributed by atoms with Gasteiger partial charge in [0, 0.05) is 17.5 Å². The average molecular weight is 260 g/mol. The van der Waals surface area contributed by atoms with E-state index in [4.69, 9.17) is 4.74 Å². The van der Waals surface area contributed by atoms with Crippen LogP contribution in [0.1, 0.15) is 38.8 Å². The van der Waals surface area contributed by atoms with Crippen molar-refractivity contribution in [1.29, 1.82) is 0 Å². The second kappa shape index (κ2) is 6.36. The molecular weight excluding hydrogens is 240 g/mol. The lowest BCUT2D eigenvalue weighted by Gasteiger charge is -2.07. The van der Waals surface area contributed by atoms with Gasteiger partial charge in [0.2, 0.25) is 0 Å². The van der Waals surface area contributed by atoms with Crippen LogP contribution in [-0.4, -0.2) is 22.3 Å². The van der Waals surface area contributed by atoms with Gasteiger partial charge in [-0.05, 0) is 39.2 Å². The molecule has 0 atom stereocenters. The molecule has 0 aliphatic rings. The summed E-state index contributed by atoms with van der Waals surface area (Å²) in [5, 5.41) is 8.50. The molecule has 1 N–H and O–H groups in total. The third-order valence-electron chi connectivity index (χ3n) is 2.97. The number of aryl methyl sites for hydroxylation is 1. The molecule has 2 rings (SSSR count). The van der Waals surface area contributed by atoms with Gasteiger partial charge in [-0.15, -0.1) is 0 Å². The average Bonchev–Trinajstić information content (AvgIpc) is 2.77. The molecule has 0 unspecified atom stereocenters. The Hall–Kier alpha value is -1.84. The minimum absolute atomic E-state index is 0.0240. The van der Waals surface area contributed by atoms with Crippen LogP contribution in [0.15, 0.2) is 24.3 Å². The lowest BCUT2D eigenvalue weighted by Crippen LogP contribution is -2.10. The van der Waals surface area contributed by atoms with E-state index in [2.05, 4.69) is 16.3 Å². The molecule has 0 saturated heterocycles. The summed E-state index contributed by atoms with van der Waals surface area (Å²) in [6, 6.07) is 8.06. The fraction of sp³-hybridized carbons (Fsp3) is 0.467. The molecule has 0 amide bonds. The molecule has 1 aromatic heterocycles. The second-order valence-electron chi connectivity index (χ2n) is 4.97. The smallest absolute Gasteiger partial charge is 0.306 e. The van der Waals surface area contributed by atoms with Crippen LogP contribution in [0.3, 0.4) is 0 Å². The van der Waals surface area contributed by atoms with Gasteiger partial charge in [-0.3, -0.25) is 9.89 Å². The van der Waals surface area contributed by atoms with Crippen molar-refractivity contribution >= 4 is 16.9 Å². The van der Waals surface area contributed by atoms with Crippen LogP contribution in [0.5, 0.6) is 0 Å². The number of carbonyl (C=O) groups is 1. The number of rotatable bonds is 6. The molecule has 4 heteroatoms. The Morgan fingerprint density at radius 1 is 1.32 bits per heavy atom. The summed E-state index contributed by atoms with van der Waals surface area (Å²) in [6.07, 6.45) is 3.18. The zero-order chi connectivity index (χ0) is 13.7. The van der Waals surface area contributed by atoms with Gasteiger partial charge in [0.1, 0.15) is 0 Å². The maximum Gasteiger partial charge on any atom is 0.306 e. The van der Waals surface area contributed by atoms with Gasteiger partial charge in [-0.1, -0.05) is 18.2 Å². The molecule has 0 aliphatic carbocycles. The number of ether oxygens (including phenoxy) is 1. The number of H-pyrrole nitrogens is 1. The van der Waals surface area contributed by atoms with Crippen molar-refractivity contribution in [2.24, 2.45) is 0 Å². The summed E-state index contributed by atoms with van der Waals surface area (Å²) in [6.45, 7) is 3.74. The van der Waals surface area contributed by atoms with Gasteiger partial charge in [0.25, 0.3) is 0 Å². The van der Waals surface area contributed by atoms with Gasteiger partial charge in [-0.2, -0.15) is 5.10 Å². The van der Waals surface area contributed by atoms with E-state index in [1.54, 1.807) is 0 Å². The van der Waals surface area contributed by atoms with Crippen LogP contribution in [0.4, 0.5) is 0 Å². The Labute approximate surface area is 113 Å². The maximum absolute atomic E-state index is 11.4. The van der Waals surface area contributed by atoms with E-state index in [1.807, 2.05) is 32.0 Å². The van der Waals surface area contributed by atoms with Crippen LogP contribution < -0.4 is 0 Å². The molecule has 0 aliphatic heterocycles. The van der Waals surface area contributed by atoms with E-state index in [1.165, 1.54) is 5.39 Å². The van der Waals surface area contributed by atoms with Gasteiger partial charge in [0.15, 0.2) is 0 Å². The van der Waals surface area contributed by atoms with Gasteiger partial charge < -0.3 is 4.74 Å². The van der Waals surface area contributed by atoms with Crippen LogP contribution in [0.25, 0.3) is 10.9 Å². The number of aromatic nitrogens is 2. The highest BCUT2D eigenvalue weighted by atomic mass is 16.5. The monoisotopic (exact) mass is 260 g/mol. The molecule has 2 aromatic rings. The third kappa shape index (κ3) is 3.81. The van der Waals surface area contributed by atoms with Crippen molar-refractivity contribution in [2.75, 3.05) is 0 Å². The largest absolute Gasteiger partial charge is 0.463 e. The van der Waals surface area contributed by atoms with Crippen LogP contribution >= 0.6 is 0 Å². The first kappa shape index (κ1) is 13.6. The topological polar surface area (TPSA) is 55.0 Å². The molecule has 1 heterocycles. The Balaban J connectivity index is 1.78. The van der Waals surface area contributed by atoms with E-state index in [-0.39, 0.29) is 12.1 Å². The summed E-state index contributed by atoms with van der Waals surface area (Å²) >= 11 is 0. The minimum atomic E-state index is -0.107. The molecule has 4 nitrogen and oxygen atoms in total. The number of nitrogens with zero attached hydrogens (tertiary/aromatic N) is 1. The molecule has 19 heavy (non-hydrogen) atoms. The van der Waals surface area contributed by atoms with E-state index < -0.39 is 0 Å². The fourth-order valence-corrected chi connectivity index (χ4v) is 2.10. The highest BCUT2D eigenvalue weighted by Gasteiger charge is 2.07. The van der Waals surface area contributed by atoms with Crippen molar-refractivity contribution in [3.05, 3.63) is 30.0 Å². The zero-order valence-electron chi connectivity index (χ0n) is 11.5. The molecule has 0 spiro atoms. The third-order valence-corrected chi connectivity index (χ3v) is 2.97. The molecule has 0 fully saturated rings. The summed E-state index contributed by atoms with van der Waals surface area (Å²) in [5.74, 6) is -0.107. The highest BCUT2D eigenvalue weighted by Crippen LogP contribution is 2.17. The van der Waals surface area contributed by atoms with Crippen LogP contribution in [-0.2, 0) is 16.0 Å². The van der Waals surface area contributed by atoms with E-state index in [9.17, 15) is 4.79 Å². The van der Waals surface area contributed by atoms with E-state index >= 15 is 0 Å². The lowest BCUT2D eigenvalue weighted by atomic mass is 10.1. The number of para-hydroxylation sites is 1. The van der Waals surface area contributed by atoms with Crippen LogP contribution in [0.2, 0.25) is 0 Å². The standard InChI is InChI=1S/C15H20N2O2/c1-11(2)19-15(18)10-6-5-9-14-12-7-3-4-8-13(12)16-17-14/h3-4,7-8,11H,5-6,9-10H2,1-2H3,(H,16,17). The van der Waals surface area contributed by atoms with Crippen LogP contribution in [0, 0.1) is 0 Å². The lowest BCUT2D eigenvalue weighted by molar-refractivity contribution is -0.147. The van der Waals surface area contributed by atoms with Crippen molar-refractivity contribution in [2.45, 2.75) is 45.6 Å². The molecule has 1 aromatic carbocycles. The summed E-state index contributed by atoms with van der Waals surface area (Å²) in [7, 11) is 0. The van der Waals surface area contributed by atoms with Crippen molar-refractivity contribution in [3.63, 3.8) is 0 Å². The number of carbonyl (C=O) groups excluding carboxylic acids is 1. The normalized spacial score (nSPS) is 11.1. The van der Waals surface area contributed by atoms with Gasteiger partial charge >= 0.3 is 5.97 Å². The molecule has 102 valence electrons. The van der Waals surface area contributed by atoms with E-state index in [0.29, 0.717) is 6.42 Å². The number of hydrogen-bond donors (Lipinski definition) is 1. The summed E-state index contributed by atoms with van der Waals surface area (Å²) in [5.41, 5.74) is 2.14. The number of benzene rings is 1. The Morgan fingerprint density at radius 2 is 2.11 bits per heavy atom. The molecule has 0 saturated carbocycles. The molecular formula is C15H20N2O2. The SMILES string of the molecule is CC(C)OC(=O)CCCCc1[nH]nc2ccccc12. The second-order valence-corrected chi connectivity index (χ2v) is 4.97. The first-order valence-electron chi connectivity index (χ1n) is 6.78. The molecule has 0 radical (unpaired) electrons. The summed E-state index contributed by atoms with van der Waals surface area (Å²) in [4.78, 5) is 11.4. The first-order valence-corrected chi connectivity index (χ1v) is 6.78. The number of esters is 1. The number of hydrogen-bond acceptors (Lipinski definition) is 3. The minimum Gasteiger partial charge on any atom is -0.463 e. The predicted octanol–water partition coefficient (Wildman–Crippen LogP) is 3.23. The van der Waals surface area contributed by atoms with E-state index in [0.717, 1.165) is 30.5 Å².